The predicted octanol–water partition coefficient (Wildman–Crippen LogP) is 7.60. The normalized spacial score (nSPS) is 12.1. The molecule has 7 rings (SSSR count). The Hall–Kier alpha value is -4.18. The molecule has 7 aromatic rings. The first-order valence-corrected chi connectivity index (χ1v) is 10.5. The average molecular weight is 418 g/mol. The molecule has 2 nitrogen and oxygen atoms in total. The molecule has 0 atom stereocenters. The minimum atomic E-state index is -0.587. The Morgan fingerprint density at radius 2 is 1.19 bits per heavy atom. The summed E-state index contributed by atoms with van der Waals surface area (Å²) in [4.78, 5) is 0. The number of rotatable bonds is 2. The largest absolute Gasteiger partial charge is 0.316 e. The van der Waals surface area contributed by atoms with Crippen LogP contribution in [0.25, 0.3) is 54.9 Å². The van der Waals surface area contributed by atoms with Crippen molar-refractivity contribution in [3.05, 3.63) is 109 Å². The number of hydrogen-bond acceptors (Lipinski definition) is 0. The maximum atomic E-state index is 14.1. The van der Waals surface area contributed by atoms with Gasteiger partial charge in [0.15, 0.2) is 0 Å². The highest BCUT2D eigenvalue weighted by molar-refractivity contribution is 6.34. The molecule has 0 aliphatic heterocycles. The molecule has 32 heavy (non-hydrogen) atoms. The van der Waals surface area contributed by atoms with Crippen LogP contribution in [0.2, 0.25) is 0 Å². The topological polar surface area (TPSA) is 9.86 Å². The Balaban J connectivity index is 1.72. The van der Waals surface area contributed by atoms with Gasteiger partial charge in [0.2, 0.25) is 0 Å². The molecule has 0 radical (unpaired) electrons. The zero-order valence-corrected chi connectivity index (χ0v) is 16.9. The molecule has 0 aliphatic rings. The second-order valence-electron chi connectivity index (χ2n) is 8.15. The van der Waals surface area contributed by atoms with Crippen LogP contribution in [-0.2, 0) is 0 Å². The minimum absolute atomic E-state index is 0.481. The van der Waals surface area contributed by atoms with Crippen molar-refractivity contribution in [3.63, 3.8) is 0 Å². The van der Waals surface area contributed by atoms with E-state index in [2.05, 4.69) is 41.1 Å². The highest BCUT2D eigenvalue weighted by Crippen LogP contribution is 2.44. The van der Waals surface area contributed by atoms with Crippen molar-refractivity contribution in [2.24, 2.45) is 0 Å². The molecule has 0 spiro atoms. The maximum Gasteiger partial charge on any atom is 0.128 e. The monoisotopic (exact) mass is 418 g/mol. The molecule has 0 saturated carbocycles. The van der Waals surface area contributed by atoms with Gasteiger partial charge in [-0.05, 0) is 47.9 Å². The number of nitrogens with zero attached hydrogens (tertiary/aromatic N) is 2. The molecule has 0 bridgehead atoms. The lowest BCUT2D eigenvalue weighted by molar-refractivity contribution is 0.582. The van der Waals surface area contributed by atoms with E-state index in [0.29, 0.717) is 5.69 Å². The van der Waals surface area contributed by atoms with Crippen LogP contribution in [0.3, 0.4) is 0 Å². The molecule has 0 unspecified atom stereocenters. The van der Waals surface area contributed by atoms with Crippen molar-refractivity contribution >= 4 is 43.5 Å². The number of halogens is 2. The maximum absolute atomic E-state index is 14.1. The van der Waals surface area contributed by atoms with Gasteiger partial charge in [0.25, 0.3) is 0 Å². The summed E-state index contributed by atoms with van der Waals surface area (Å²) in [6, 6.07) is 28.4. The first-order valence-electron chi connectivity index (χ1n) is 10.5. The van der Waals surface area contributed by atoms with Gasteiger partial charge in [-0.2, -0.15) is 0 Å². The molecule has 2 heterocycles. The minimum Gasteiger partial charge on any atom is -0.316 e. The van der Waals surface area contributed by atoms with Gasteiger partial charge in [-0.15, -0.1) is 0 Å². The van der Waals surface area contributed by atoms with Crippen molar-refractivity contribution in [3.8, 4) is 11.4 Å². The number of hydrogen-bond donors (Lipinski definition) is 0. The van der Waals surface area contributed by atoms with E-state index < -0.39 is 11.6 Å². The lowest BCUT2D eigenvalue weighted by Crippen LogP contribution is -1.96. The Labute approximate surface area is 181 Å². The molecular formula is C28H16F2N2. The van der Waals surface area contributed by atoms with E-state index in [1.165, 1.54) is 12.1 Å². The fraction of sp³-hybridized carbons (Fsp3) is 0. The lowest BCUT2D eigenvalue weighted by atomic mass is 9.98. The van der Waals surface area contributed by atoms with Crippen LogP contribution in [0.15, 0.2) is 97.2 Å². The lowest BCUT2D eigenvalue weighted by Gasteiger charge is -2.10. The molecule has 0 fully saturated rings. The third-order valence-corrected chi connectivity index (χ3v) is 6.39. The summed E-state index contributed by atoms with van der Waals surface area (Å²) in [5.41, 5.74) is 4.57. The molecule has 4 heteroatoms. The van der Waals surface area contributed by atoms with Gasteiger partial charge in [0.1, 0.15) is 11.6 Å². The van der Waals surface area contributed by atoms with Gasteiger partial charge >= 0.3 is 0 Å². The van der Waals surface area contributed by atoms with Crippen LogP contribution in [0.4, 0.5) is 8.78 Å². The van der Waals surface area contributed by atoms with Gasteiger partial charge in [0.05, 0.1) is 22.2 Å². The van der Waals surface area contributed by atoms with Gasteiger partial charge in [-0.3, -0.25) is 0 Å². The predicted molar refractivity (Wildman–Crippen MR) is 126 cm³/mol. The van der Waals surface area contributed by atoms with Crippen molar-refractivity contribution in [2.45, 2.75) is 0 Å². The van der Waals surface area contributed by atoms with E-state index in [0.717, 1.165) is 55.2 Å². The van der Waals surface area contributed by atoms with Crippen molar-refractivity contribution in [2.75, 3.05) is 0 Å². The highest BCUT2D eigenvalue weighted by Gasteiger charge is 2.21. The summed E-state index contributed by atoms with van der Waals surface area (Å²) >= 11 is 0. The number of benzene rings is 5. The van der Waals surface area contributed by atoms with E-state index >= 15 is 0 Å². The number of fused-ring (bicyclic) bond motifs is 3. The van der Waals surface area contributed by atoms with Gasteiger partial charge in [-0.25, -0.2) is 8.78 Å². The van der Waals surface area contributed by atoms with Gasteiger partial charge < -0.3 is 9.13 Å². The molecule has 0 saturated heterocycles. The number of para-hydroxylation sites is 1. The smallest absolute Gasteiger partial charge is 0.128 e. The molecular weight excluding hydrogens is 402 g/mol. The van der Waals surface area contributed by atoms with E-state index in [4.69, 9.17) is 0 Å². The van der Waals surface area contributed by atoms with Crippen LogP contribution < -0.4 is 0 Å². The van der Waals surface area contributed by atoms with Crippen molar-refractivity contribution in [1.82, 2.24) is 9.13 Å². The van der Waals surface area contributed by atoms with Crippen molar-refractivity contribution in [1.29, 1.82) is 0 Å². The Bertz CT molecular complexity index is 1770. The summed E-state index contributed by atoms with van der Waals surface area (Å²) in [7, 11) is 0. The number of aromatic nitrogens is 2. The van der Waals surface area contributed by atoms with Crippen LogP contribution in [0.1, 0.15) is 0 Å². The average Bonchev–Trinajstić information content (AvgIpc) is 3.39. The van der Waals surface area contributed by atoms with E-state index in [1.807, 2.05) is 47.0 Å². The van der Waals surface area contributed by atoms with Crippen LogP contribution >= 0.6 is 0 Å². The summed E-state index contributed by atoms with van der Waals surface area (Å²) in [5, 5.41) is 5.62. The summed E-state index contributed by atoms with van der Waals surface area (Å²) in [6.07, 6.45) is 2.11. The SMILES string of the molecule is Fc1cc(F)cc(-n2c3cccc4c5ccn(-c6ccccc6)c5c5cccc2c5c43)c1. The summed E-state index contributed by atoms with van der Waals surface area (Å²) in [6.45, 7) is 0. The van der Waals surface area contributed by atoms with Gasteiger partial charge in [0, 0.05) is 39.5 Å². The molecule has 2 aromatic heterocycles. The Morgan fingerprint density at radius 1 is 0.531 bits per heavy atom. The summed E-state index contributed by atoms with van der Waals surface area (Å²) in [5.74, 6) is -1.17. The first-order chi connectivity index (χ1) is 15.7. The second-order valence-corrected chi connectivity index (χ2v) is 8.15. The van der Waals surface area contributed by atoms with E-state index in [1.54, 1.807) is 0 Å². The van der Waals surface area contributed by atoms with Crippen LogP contribution in [0, 0.1) is 11.6 Å². The van der Waals surface area contributed by atoms with E-state index in [-0.39, 0.29) is 0 Å². The Morgan fingerprint density at radius 3 is 1.91 bits per heavy atom. The third-order valence-electron chi connectivity index (χ3n) is 6.39. The fourth-order valence-corrected chi connectivity index (χ4v) is 5.20. The standard InChI is InChI=1S/C28H16F2N2/c29-17-14-18(30)16-20(15-17)32-24-10-4-8-21-22-12-13-31(19-6-2-1-3-7-19)28(22)23-9-5-11-25(32)27(23)26(21)24/h1-16H. The quantitative estimate of drug-likeness (QED) is 0.256. The molecule has 0 N–H and O–H groups in total. The van der Waals surface area contributed by atoms with Crippen molar-refractivity contribution < 1.29 is 8.78 Å². The first kappa shape index (κ1) is 17.5. The zero-order valence-electron chi connectivity index (χ0n) is 16.9. The molecule has 5 aromatic carbocycles. The zero-order chi connectivity index (χ0) is 21.4. The van der Waals surface area contributed by atoms with Crippen LogP contribution in [-0.4, -0.2) is 9.13 Å². The summed E-state index contributed by atoms with van der Waals surface area (Å²) < 4.78 is 32.5. The second kappa shape index (κ2) is 6.17. The molecule has 0 amide bonds. The van der Waals surface area contributed by atoms with Crippen LogP contribution in [0.5, 0.6) is 0 Å². The Kier molecular flexibility index (Phi) is 3.37. The molecule has 0 aliphatic carbocycles. The van der Waals surface area contributed by atoms with E-state index in [9.17, 15) is 8.78 Å². The highest BCUT2D eigenvalue weighted by atomic mass is 19.1. The van der Waals surface area contributed by atoms with Gasteiger partial charge in [-0.1, -0.05) is 42.5 Å². The fourth-order valence-electron chi connectivity index (χ4n) is 5.20. The third kappa shape index (κ3) is 2.21. The molecule has 152 valence electrons.